The summed E-state index contributed by atoms with van der Waals surface area (Å²) in [7, 11) is 0. The maximum absolute atomic E-state index is 13.4. The molecular weight excluding hydrogens is 383 g/mol. The third kappa shape index (κ3) is 2.21. The summed E-state index contributed by atoms with van der Waals surface area (Å²) in [6.45, 7) is 3.15. The number of aliphatic hydroxyl groups is 1. The van der Waals surface area contributed by atoms with E-state index in [1.165, 1.54) is 17.7 Å². The third-order valence-electron chi connectivity index (χ3n) is 8.20. The van der Waals surface area contributed by atoms with E-state index in [1.807, 2.05) is 18.1 Å². The van der Waals surface area contributed by atoms with E-state index in [2.05, 4.69) is 29.1 Å². The number of allylic oxidation sites excluding steroid dienone is 1. The zero-order valence-electron chi connectivity index (χ0n) is 16.5. The van der Waals surface area contributed by atoms with E-state index in [-0.39, 0.29) is 23.1 Å². The van der Waals surface area contributed by atoms with Crippen molar-refractivity contribution < 1.29 is 9.50 Å². The van der Waals surface area contributed by atoms with Crippen molar-refractivity contribution in [1.82, 2.24) is 9.55 Å². The van der Waals surface area contributed by atoms with E-state index in [0.29, 0.717) is 5.92 Å². The van der Waals surface area contributed by atoms with E-state index in [4.69, 9.17) is 4.98 Å². The van der Waals surface area contributed by atoms with Gasteiger partial charge in [0.1, 0.15) is 5.82 Å². The summed E-state index contributed by atoms with van der Waals surface area (Å²) in [5.74, 6) is 1.57. The number of benzene rings is 1. The number of hydrogen-bond acceptors (Lipinski definition) is 3. The molecule has 29 heavy (non-hydrogen) atoms. The quantitative estimate of drug-likeness (QED) is 0.749. The fourth-order valence-corrected chi connectivity index (χ4v) is 7.78. The molecule has 0 radical (unpaired) electrons. The lowest BCUT2D eigenvalue weighted by atomic mass is 9.36. The molecule has 0 bridgehead atoms. The van der Waals surface area contributed by atoms with Crippen molar-refractivity contribution in [3.8, 4) is 11.3 Å². The molecule has 1 aromatic heterocycles. The SMILES string of the molecule is CC1[C@@](O)(C2C=CSC2)[C@H]2CCCC3=Cc4c(-c5ccc(F)cc5)ncn4C[C@]312. The van der Waals surface area contributed by atoms with Crippen LogP contribution in [0, 0.1) is 29.0 Å². The van der Waals surface area contributed by atoms with Gasteiger partial charge in [-0.2, -0.15) is 0 Å². The second-order valence-electron chi connectivity index (χ2n) is 9.15. The molecule has 2 aliphatic carbocycles. The van der Waals surface area contributed by atoms with Crippen molar-refractivity contribution in [1.29, 1.82) is 0 Å². The summed E-state index contributed by atoms with van der Waals surface area (Å²) < 4.78 is 15.6. The number of nitrogens with zero attached hydrogens (tertiary/aromatic N) is 2. The second kappa shape index (κ2) is 6.08. The Bertz CT molecular complexity index is 1040. The van der Waals surface area contributed by atoms with E-state index < -0.39 is 5.60 Å². The van der Waals surface area contributed by atoms with Crippen LogP contribution in [0.15, 0.2) is 47.6 Å². The summed E-state index contributed by atoms with van der Waals surface area (Å²) in [4.78, 5) is 4.69. The van der Waals surface area contributed by atoms with Crippen molar-refractivity contribution in [2.24, 2.45) is 23.2 Å². The molecule has 150 valence electrons. The molecule has 1 spiro atoms. The molecule has 0 saturated heterocycles. The Labute approximate surface area is 174 Å². The molecule has 6 rings (SSSR count). The van der Waals surface area contributed by atoms with Crippen LogP contribution >= 0.6 is 11.8 Å². The summed E-state index contributed by atoms with van der Waals surface area (Å²) >= 11 is 1.82. The number of thioether (sulfide) groups is 1. The number of fused-ring (bicyclic) bond motifs is 1. The first-order chi connectivity index (χ1) is 14.0. The fraction of sp³-hybridized carbons (Fsp3) is 0.458. The van der Waals surface area contributed by atoms with Gasteiger partial charge >= 0.3 is 0 Å². The average molecular weight is 409 g/mol. The standard InChI is InChI=1S/C24H25FN2OS/c1-15-23-13-27-14-26-22(16-5-7-19(25)8-6-16)20(27)11-17(23)3-2-4-21(23)24(15,28)18-9-10-29-12-18/h5-11,14-15,18,21,28H,2-4,12-13H2,1H3/t15?,18?,21-,23+,24+/m0/s1. The molecule has 3 heterocycles. The highest BCUT2D eigenvalue weighted by Gasteiger charge is 2.72. The van der Waals surface area contributed by atoms with E-state index in [0.717, 1.165) is 48.5 Å². The second-order valence-corrected chi connectivity index (χ2v) is 10.1. The van der Waals surface area contributed by atoms with Crippen molar-refractivity contribution in [2.45, 2.75) is 38.3 Å². The van der Waals surface area contributed by atoms with Gasteiger partial charge in [0.25, 0.3) is 0 Å². The Morgan fingerprint density at radius 1 is 1.28 bits per heavy atom. The van der Waals surface area contributed by atoms with Gasteiger partial charge in [-0.1, -0.05) is 18.6 Å². The molecule has 2 aromatic rings. The summed E-state index contributed by atoms with van der Waals surface area (Å²) in [5.41, 5.74) is 3.92. The predicted octanol–water partition coefficient (Wildman–Crippen LogP) is 5.13. The van der Waals surface area contributed by atoms with Crippen LogP contribution in [0.3, 0.4) is 0 Å². The molecule has 1 aromatic carbocycles. The Kier molecular flexibility index (Phi) is 3.77. The lowest BCUT2D eigenvalue weighted by Gasteiger charge is -2.70. The molecule has 5 atom stereocenters. The molecule has 4 aliphatic rings. The maximum atomic E-state index is 13.4. The monoisotopic (exact) mass is 408 g/mol. The highest BCUT2D eigenvalue weighted by atomic mass is 32.2. The number of imidazole rings is 1. The number of hydrogen-bond donors (Lipinski definition) is 1. The first-order valence-corrected chi connectivity index (χ1v) is 11.6. The van der Waals surface area contributed by atoms with Gasteiger partial charge in [-0.05, 0) is 66.8 Å². The Hall–Kier alpha value is -1.85. The molecule has 2 fully saturated rings. The molecule has 2 aliphatic heterocycles. The van der Waals surface area contributed by atoms with Gasteiger partial charge in [0.15, 0.2) is 0 Å². The number of rotatable bonds is 2. The first-order valence-electron chi connectivity index (χ1n) is 10.6. The molecule has 2 unspecified atom stereocenters. The molecular formula is C24H25FN2OS. The van der Waals surface area contributed by atoms with Crippen LogP contribution in [0.4, 0.5) is 4.39 Å². The van der Waals surface area contributed by atoms with Crippen molar-refractivity contribution >= 4 is 17.8 Å². The lowest BCUT2D eigenvalue weighted by Crippen LogP contribution is -2.74. The average Bonchev–Trinajstić information content (AvgIpc) is 3.41. The van der Waals surface area contributed by atoms with Gasteiger partial charge in [0, 0.05) is 29.2 Å². The minimum Gasteiger partial charge on any atom is -0.389 e. The van der Waals surface area contributed by atoms with Crippen LogP contribution in [-0.4, -0.2) is 26.0 Å². The summed E-state index contributed by atoms with van der Waals surface area (Å²) in [6, 6.07) is 6.60. The molecule has 5 heteroatoms. The fourth-order valence-electron chi connectivity index (χ4n) is 6.79. The van der Waals surface area contributed by atoms with Crippen LogP contribution < -0.4 is 0 Å². The minimum atomic E-state index is -0.600. The molecule has 2 saturated carbocycles. The zero-order chi connectivity index (χ0) is 19.8. The molecule has 1 N–H and O–H groups in total. The highest BCUT2D eigenvalue weighted by Crippen LogP contribution is 2.71. The van der Waals surface area contributed by atoms with Crippen LogP contribution in [0.25, 0.3) is 17.3 Å². The van der Waals surface area contributed by atoms with Crippen molar-refractivity contribution in [2.75, 3.05) is 5.75 Å². The Balaban J connectivity index is 1.42. The van der Waals surface area contributed by atoms with E-state index in [9.17, 15) is 9.50 Å². The third-order valence-corrected chi connectivity index (χ3v) is 9.10. The van der Waals surface area contributed by atoms with Gasteiger partial charge in [-0.3, -0.25) is 0 Å². The predicted molar refractivity (Wildman–Crippen MR) is 115 cm³/mol. The van der Waals surface area contributed by atoms with Crippen LogP contribution in [0.5, 0.6) is 0 Å². The van der Waals surface area contributed by atoms with Crippen LogP contribution in [0.2, 0.25) is 0 Å². The first kappa shape index (κ1) is 18.0. The summed E-state index contributed by atoms with van der Waals surface area (Å²) in [5, 5.41) is 14.0. The minimum absolute atomic E-state index is 0.0435. The van der Waals surface area contributed by atoms with Crippen LogP contribution in [0.1, 0.15) is 31.9 Å². The van der Waals surface area contributed by atoms with Crippen molar-refractivity contribution in [3.63, 3.8) is 0 Å². The molecule has 0 amide bonds. The van der Waals surface area contributed by atoms with Gasteiger partial charge in [0.05, 0.1) is 23.3 Å². The van der Waals surface area contributed by atoms with Gasteiger partial charge in [-0.15, -0.1) is 11.8 Å². The Morgan fingerprint density at radius 3 is 2.86 bits per heavy atom. The summed E-state index contributed by atoms with van der Waals surface area (Å²) in [6.07, 6.45) is 9.82. The number of halogens is 1. The zero-order valence-corrected chi connectivity index (χ0v) is 17.3. The van der Waals surface area contributed by atoms with Gasteiger partial charge in [0.2, 0.25) is 0 Å². The molecule has 3 nitrogen and oxygen atoms in total. The smallest absolute Gasteiger partial charge is 0.123 e. The van der Waals surface area contributed by atoms with Gasteiger partial charge in [-0.25, -0.2) is 9.37 Å². The maximum Gasteiger partial charge on any atom is 0.123 e. The van der Waals surface area contributed by atoms with Crippen molar-refractivity contribution in [3.05, 3.63) is 59.2 Å². The highest BCUT2D eigenvalue weighted by molar-refractivity contribution is 8.02. The Morgan fingerprint density at radius 2 is 2.10 bits per heavy atom. The normalized spacial score (nSPS) is 37.3. The number of aromatic nitrogens is 2. The van der Waals surface area contributed by atoms with Gasteiger partial charge < -0.3 is 9.67 Å². The topological polar surface area (TPSA) is 38.1 Å². The van der Waals surface area contributed by atoms with Crippen LogP contribution in [-0.2, 0) is 6.54 Å². The largest absolute Gasteiger partial charge is 0.389 e. The lowest BCUT2D eigenvalue weighted by molar-refractivity contribution is -0.263. The van der Waals surface area contributed by atoms with E-state index >= 15 is 0 Å². The van der Waals surface area contributed by atoms with E-state index in [1.54, 1.807) is 12.1 Å².